The molecule has 0 spiro atoms. The molecule has 3 heteroatoms. The Bertz CT molecular complexity index is 1680. The molecule has 0 fully saturated rings. The van der Waals surface area contributed by atoms with E-state index < -0.39 is 0 Å². The monoisotopic (exact) mass is 1520 g/mol. The zero-order valence-electron chi connectivity index (χ0n) is 77.9. The fourth-order valence-corrected chi connectivity index (χ4v) is 21.6. The number of unbranched alkanes of at least 4 members (excludes halogenated alkanes) is 63. The van der Waals surface area contributed by atoms with Gasteiger partial charge in [-0.05, 0) is 124 Å². The molecule has 0 N–H and O–H groups in total. The van der Waals surface area contributed by atoms with E-state index in [1.165, 1.54) is 520 Å². The molecule has 0 aromatic rings. The fourth-order valence-electron chi connectivity index (χ4n) is 21.6. The van der Waals surface area contributed by atoms with E-state index in [0.29, 0.717) is 22.2 Å². The van der Waals surface area contributed by atoms with Gasteiger partial charge in [0.1, 0.15) is 0 Å². The number of rotatable bonds is 95. The molecule has 0 radical (unpaired) electrons. The third-order valence-electron chi connectivity index (χ3n) is 28.3. The van der Waals surface area contributed by atoms with Gasteiger partial charge in [0.05, 0.1) is 0 Å². The van der Waals surface area contributed by atoms with Crippen molar-refractivity contribution in [1.29, 1.82) is 0 Å². The average molecular weight is 1520 g/mol. The van der Waals surface area contributed by atoms with E-state index in [1.807, 2.05) is 7.11 Å². The molecule has 0 amide bonds. The SMILES string of the molecule is CCCCCCCCCCCCC(CCCCCCC)(C(C)C)C(CCCCC)(CCCCCCCCCCCC)C(C)(CCCCCCCCCCCC)C(CCCCCCCCCCCCCOCC)(CCCCCCCCCCCOC)C(CCCCCC)CCCCCCCCCCCCOCCC. The van der Waals surface area contributed by atoms with Gasteiger partial charge in [-0.1, -0.05) is 512 Å². The highest BCUT2D eigenvalue weighted by Crippen LogP contribution is 2.74. The highest BCUT2D eigenvalue weighted by Gasteiger charge is 2.66. The summed E-state index contributed by atoms with van der Waals surface area (Å²) in [5, 5.41) is 0. The Hall–Kier alpha value is -0.120. The van der Waals surface area contributed by atoms with Crippen LogP contribution in [0.3, 0.4) is 0 Å². The zero-order chi connectivity index (χ0) is 78.8. The summed E-state index contributed by atoms with van der Waals surface area (Å²) in [7, 11) is 1.89. The largest absolute Gasteiger partial charge is 0.385 e. The molecule has 0 aliphatic heterocycles. The molecular formula is C105H212O3. The lowest BCUT2D eigenvalue weighted by atomic mass is 9.34. The molecule has 0 aliphatic carbocycles. The smallest absolute Gasteiger partial charge is 0.0466 e. The van der Waals surface area contributed by atoms with Crippen molar-refractivity contribution in [3.63, 3.8) is 0 Å². The maximum atomic E-state index is 5.87. The number of ether oxygens (including phenoxy) is 3. The van der Waals surface area contributed by atoms with Gasteiger partial charge in [-0.25, -0.2) is 0 Å². The Morgan fingerprint density at radius 3 is 0.713 bits per heavy atom. The van der Waals surface area contributed by atoms with Crippen molar-refractivity contribution in [3.8, 4) is 0 Å². The molecule has 650 valence electrons. The summed E-state index contributed by atoms with van der Waals surface area (Å²) in [5.41, 5.74) is 1.26. The first-order valence-corrected chi connectivity index (χ1v) is 51.8. The van der Waals surface area contributed by atoms with Crippen molar-refractivity contribution in [1.82, 2.24) is 0 Å². The third-order valence-corrected chi connectivity index (χ3v) is 28.3. The topological polar surface area (TPSA) is 27.7 Å². The van der Waals surface area contributed by atoms with Gasteiger partial charge in [-0.3, -0.25) is 0 Å². The van der Waals surface area contributed by atoms with E-state index in [4.69, 9.17) is 14.2 Å². The van der Waals surface area contributed by atoms with E-state index in [0.717, 1.165) is 45.4 Å². The van der Waals surface area contributed by atoms with Crippen molar-refractivity contribution < 1.29 is 14.2 Å². The second kappa shape index (κ2) is 83.4. The number of hydrogen-bond donors (Lipinski definition) is 0. The van der Waals surface area contributed by atoms with Gasteiger partial charge in [0.15, 0.2) is 0 Å². The van der Waals surface area contributed by atoms with E-state index >= 15 is 0 Å². The Balaban J connectivity index is 9.09. The highest BCUT2D eigenvalue weighted by molar-refractivity contribution is 5.15. The van der Waals surface area contributed by atoms with Gasteiger partial charge in [-0.15, -0.1) is 0 Å². The molecular weight excluding hydrogens is 1310 g/mol. The van der Waals surface area contributed by atoms with Gasteiger partial charge in [0.25, 0.3) is 0 Å². The lowest BCUT2D eigenvalue weighted by molar-refractivity contribution is -0.217. The highest BCUT2D eigenvalue weighted by atomic mass is 16.5. The summed E-state index contributed by atoms with van der Waals surface area (Å²) >= 11 is 0. The van der Waals surface area contributed by atoms with Gasteiger partial charge >= 0.3 is 0 Å². The van der Waals surface area contributed by atoms with Crippen LogP contribution in [0.15, 0.2) is 0 Å². The molecule has 5 atom stereocenters. The predicted octanol–water partition coefficient (Wildman–Crippen LogP) is 38.1. The number of hydrogen-bond acceptors (Lipinski definition) is 3. The van der Waals surface area contributed by atoms with Crippen molar-refractivity contribution in [2.75, 3.05) is 40.1 Å². The first-order chi connectivity index (χ1) is 53.1. The van der Waals surface area contributed by atoms with Crippen LogP contribution in [-0.4, -0.2) is 40.1 Å². The lowest BCUT2D eigenvalue weighted by Gasteiger charge is -2.70. The minimum Gasteiger partial charge on any atom is -0.385 e. The van der Waals surface area contributed by atoms with Crippen molar-refractivity contribution in [2.45, 2.75) is 603 Å². The maximum absolute atomic E-state index is 5.87. The predicted molar refractivity (Wildman–Crippen MR) is 491 cm³/mol. The quantitative estimate of drug-likeness (QED) is 0.0568. The zero-order valence-corrected chi connectivity index (χ0v) is 77.9. The first kappa shape index (κ1) is 108. The Morgan fingerprint density at radius 1 is 0.204 bits per heavy atom. The summed E-state index contributed by atoms with van der Waals surface area (Å²) < 4.78 is 17.1. The summed E-state index contributed by atoms with van der Waals surface area (Å²) in [6.07, 6.45) is 118. The normalized spacial score (nSPS) is 14.6. The summed E-state index contributed by atoms with van der Waals surface area (Å²) in [4.78, 5) is 0. The van der Waals surface area contributed by atoms with Crippen LogP contribution >= 0.6 is 0 Å². The van der Waals surface area contributed by atoms with Crippen molar-refractivity contribution in [2.24, 2.45) is 33.5 Å². The molecule has 0 rings (SSSR count). The summed E-state index contributed by atoms with van der Waals surface area (Å²) in [6.45, 7) is 32.9. The minimum absolute atomic E-state index is 0.266. The van der Waals surface area contributed by atoms with Crippen LogP contribution in [0.25, 0.3) is 0 Å². The molecule has 0 saturated heterocycles. The van der Waals surface area contributed by atoms with Crippen LogP contribution < -0.4 is 0 Å². The van der Waals surface area contributed by atoms with Gasteiger partial charge < -0.3 is 14.2 Å². The molecule has 0 bridgehead atoms. The van der Waals surface area contributed by atoms with Gasteiger partial charge in [0, 0.05) is 40.1 Å². The van der Waals surface area contributed by atoms with Crippen molar-refractivity contribution >= 4 is 0 Å². The van der Waals surface area contributed by atoms with Crippen LogP contribution in [0.1, 0.15) is 603 Å². The third kappa shape index (κ3) is 55.5. The maximum Gasteiger partial charge on any atom is 0.0466 e. The average Bonchev–Trinajstić information content (AvgIpc) is 0.692. The summed E-state index contributed by atoms with van der Waals surface area (Å²) in [6, 6.07) is 0. The summed E-state index contributed by atoms with van der Waals surface area (Å²) in [5.74, 6) is 1.53. The van der Waals surface area contributed by atoms with E-state index in [2.05, 4.69) is 76.2 Å². The number of methoxy groups -OCH3 is 1. The van der Waals surface area contributed by atoms with Crippen LogP contribution in [-0.2, 0) is 14.2 Å². The minimum atomic E-state index is 0.266. The van der Waals surface area contributed by atoms with Gasteiger partial charge in [0.2, 0.25) is 0 Å². The second-order valence-electron chi connectivity index (χ2n) is 37.5. The fraction of sp³-hybridized carbons (Fsp3) is 1.00. The standard InChI is InChI=1S/C105H212O3/c1-13-21-27-32-35-38-48-57-67-78-89-102(11,105(94-77-26-18-6,95-83-71-61-52-40-37-34-29-23-15-3)103(100(9)10,90-79-66-30-24-16-4)91-80-68-58-49-39-36-33-28-22-14-2)104(93-82-70-60-51-46-53-62-72-84-97-106-12,92-81-69-59-50-43-41-44-54-63-73-85-98-107-20-8)101(87-75-31-25-17-5)88-76-65-56-47-42-45-55-64-74-86-99-108-96-19-7/h100-101H,13-99H2,1-12H3. The van der Waals surface area contributed by atoms with Gasteiger partial charge in [-0.2, -0.15) is 0 Å². The lowest BCUT2D eigenvalue weighted by Crippen LogP contribution is -2.63. The Kier molecular flexibility index (Phi) is 83.3. The van der Waals surface area contributed by atoms with Crippen LogP contribution in [0.5, 0.6) is 0 Å². The van der Waals surface area contributed by atoms with Crippen LogP contribution in [0, 0.1) is 33.5 Å². The van der Waals surface area contributed by atoms with Crippen LogP contribution in [0.2, 0.25) is 0 Å². The molecule has 0 aromatic heterocycles. The Morgan fingerprint density at radius 2 is 0.426 bits per heavy atom. The molecule has 108 heavy (non-hydrogen) atoms. The first-order valence-electron chi connectivity index (χ1n) is 51.8. The molecule has 0 aliphatic rings. The molecule has 5 unspecified atom stereocenters. The molecule has 0 heterocycles. The Labute approximate surface area is 686 Å². The molecule has 0 saturated carbocycles. The van der Waals surface area contributed by atoms with Crippen LogP contribution in [0.4, 0.5) is 0 Å². The second-order valence-corrected chi connectivity index (χ2v) is 37.5. The van der Waals surface area contributed by atoms with E-state index in [9.17, 15) is 0 Å². The van der Waals surface area contributed by atoms with Crippen molar-refractivity contribution in [3.05, 3.63) is 0 Å². The molecule has 3 nitrogen and oxygen atoms in total. The van der Waals surface area contributed by atoms with E-state index in [1.54, 1.807) is 0 Å². The van der Waals surface area contributed by atoms with E-state index in [-0.39, 0.29) is 5.41 Å². The molecule has 0 aromatic carbocycles.